The summed E-state index contributed by atoms with van der Waals surface area (Å²) in [4.78, 5) is 15.9. The monoisotopic (exact) mass is 427 g/mol. The molecule has 3 aromatic rings. The molecule has 0 aliphatic carbocycles. The highest BCUT2D eigenvalue weighted by molar-refractivity contribution is 7.92. The number of sulfonamides is 1. The number of benzene rings is 2. The van der Waals surface area contributed by atoms with Gasteiger partial charge in [-0.3, -0.25) is 14.8 Å². The number of hydrogen-bond acceptors (Lipinski definition) is 5. The lowest BCUT2D eigenvalue weighted by Gasteiger charge is -2.12. The highest BCUT2D eigenvalue weighted by Gasteiger charge is 2.30. The fraction of sp³-hybridized carbons (Fsp3) is 0.0588. The Morgan fingerprint density at radius 2 is 1.82 bits per heavy atom. The Kier molecular flexibility index (Phi) is 5.38. The lowest BCUT2D eigenvalue weighted by Crippen LogP contribution is -2.16. The van der Waals surface area contributed by atoms with Crippen molar-refractivity contribution in [3.05, 3.63) is 71.2 Å². The summed E-state index contributed by atoms with van der Waals surface area (Å²) < 4.78 is 65.5. The van der Waals surface area contributed by atoms with Gasteiger partial charge >= 0.3 is 6.18 Å². The molecule has 0 radical (unpaired) electrons. The molecule has 1 amide bonds. The van der Waals surface area contributed by atoms with Gasteiger partial charge in [0.1, 0.15) is 0 Å². The van der Waals surface area contributed by atoms with Crippen LogP contribution >= 0.6 is 11.3 Å². The van der Waals surface area contributed by atoms with Crippen LogP contribution in [-0.4, -0.2) is 19.3 Å². The Labute approximate surface area is 162 Å². The Morgan fingerprint density at radius 3 is 2.50 bits per heavy atom. The maximum Gasteiger partial charge on any atom is 0.416 e. The molecule has 0 unspecified atom stereocenters. The molecule has 11 heteroatoms. The van der Waals surface area contributed by atoms with E-state index in [-0.39, 0.29) is 16.1 Å². The van der Waals surface area contributed by atoms with Gasteiger partial charge in [0, 0.05) is 22.8 Å². The molecule has 0 spiro atoms. The third-order valence-corrected chi connectivity index (χ3v) is 5.57. The molecular weight excluding hydrogens is 415 g/mol. The average Bonchev–Trinajstić information content (AvgIpc) is 3.14. The summed E-state index contributed by atoms with van der Waals surface area (Å²) in [5, 5.41) is 4.53. The number of carbonyl (C=O) groups is 1. The Bertz CT molecular complexity index is 1100. The second-order valence-corrected chi connectivity index (χ2v) is 8.08. The van der Waals surface area contributed by atoms with E-state index >= 15 is 0 Å². The predicted molar refractivity (Wildman–Crippen MR) is 98.8 cm³/mol. The number of hydrogen-bond donors (Lipinski definition) is 2. The van der Waals surface area contributed by atoms with Crippen LogP contribution < -0.4 is 10.0 Å². The zero-order valence-corrected chi connectivity index (χ0v) is 15.5. The molecule has 1 heterocycles. The third kappa shape index (κ3) is 4.67. The van der Waals surface area contributed by atoms with Gasteiger partial charge in [-0.15, -0.1) is 11.3 Å². The molecule has 28 heavy (non-hydrogen) atoms. The fourth-order valence-corrected chi connectivity index (χ4v) is 3.85. The summed E-state index contributed by atoms with van der Waals surface area (Å²) in [6.07, 6.45) is -3.10. The van der Waals surface area contributed by atoms with Crippen molar-refractivity contribution in [3.8, 4) is 0 Å². The topological polar surface area (TPSA) is 88.2 Å². The number of nitrogens with zero attached hydrogens (tertiary/aromatic N) is 1. The molecule has 2 N–H and O–H groups in total. The van der Waals surface area contributed by atoms with E-state index in [0.717, 1.165) is 18.2 Å². The molecule has 0 aliphatic rings. The first kappa shape index (κ1) is 19.8. The molecular formula is C17H12F3N3O3S2. The van der Waals surface area contributed by atoms with E-state index in [4.69, 9.17) is 0 Å². The van der Waals surface area contributed by atoms with Gasteiger partial charge in [0.15, 0.2) is 5.13 Å². The van der Waals surface area contributed by atoms with Crippen molar-refractivity contribution in [3.63, 3.8) is 0 Å². The van der Waals surface area contributed by atoms with Crippen LogP contribution in [0, 0.1) is 0 Å². The molecule has 0 saturated carbocycles. The van der Waals surface area contributed by atoms with Gasteiger partial charge in [0.25, 0.3) is 15.9 Å². The highest BCUT2D eigenvalue weighted by atomic mass is 32.2. The Balaban J connectivity index is 1.83. The van der Waals surface area contributed by atoms with Crippen LogP contribution in [0.5, 0.6) is 0 Å². The second-order valence-electron chi connectivity index (χ2n) is 5.50. The number of halogens is 3. The number of nitrogens with one attached hydrogen (secondary N) is 2. The molecule has 0 aliphatic heterocycles. The lowest BCUT2D eigenvalue weighted by molar-refractivity contribution is -0.137. The van der Waals surface area contributed by atoms with Gasteiger partial charge in [-0.2, -0.15) is 13.2 Å². The van der Waals surface area contributed by atoms with Gasteiger partial charge in [0.05, 0.1) is 10.5 Å². The van der Waals surface area contributed by atoms with Crippen molar-refractivity contribution >= 4 is 38.1 Å². The van der Waals surface area contributed by atoms with Crippen LogP contribution in [0.25, 0.3) is 0 Å². The van der Waals surface area contributed by atoms with Crippen LogP contribution in [0.1, 0.15) is 15.9 Å². The molecule has 1 aromatic heterocycles. The molecule has 2 aromatic carbocycles. The summed E-state index contributed by atoms with van der Waals surface area (Å²) in [7, 11) is -4.20. The lowest BCUT2D eigenvalue weighted by atomic mass is 10.2. The molecule has 0 fully saturated rings. The highest BCUT2D eigenvalue weighted by Crippen LogP contribution is 2.31. The molecule has 0 bridgehead atoms. The van der Waals surface area contributed by atoms with Crippen LogP contribution in [-0.2, 0) is 16.2 Å². The van der Waals surface area contributed by atoms with Crippen LogP contribution in [0.4, 0.5) is 24.0 Å². The van der Waals surface area contributed by atoms with E-state index in [0.29, 0.717) is 11.2 Å². The first-order valence-electron chi connectivity index (χ1n) is 7.66. The predicted octanol–water partition coefficient (Wildman–Crippen LogP) is 4.22. The van der Waals surface area contributed by atoms with Crippen molar-refractivity contribution in [1.82, 2.24) is 4.98 Å². The number of rotatable bonds is 5. The molecule has 0 atom stereocenters. The van der Waals surface area contributed by atoms with Crippen LogP contribution in [0.2, 0.25) is 0 Å². The summed E-state index contributed by atoms with van der Waals surface area (Å²) in [6, 6.07) is 8.95. The van der Waals surface area contributed by atoms with E-state index in [1.807, 2.05) is 0 Å². The maximum atomic E-state index is 12.8. The quantitative estimate of drug-likeness (QED) is 0.638. The number of thiazole rings is 1. The number of alkyl halides is 3. The second kappa shape index (κ2) is 7.60. The van der Waals surface area contributed by atoms with E-state index in [1.54, 1.807) is 5.38 Å². The van der Waals surface area contributed by atoms with E-state index in [9.17, 15) is 26.4 Å². The summed E-state index contributed by atoms with van der Waals surface area (Å²) in [5.74, 6) is -0.564. The normalized spacial score (nSPS) is 11.8. The van der Waals surface area contributed by atoms with E-state index in [1.165, 1.54) is 41.8 Å². The molecule has 0 saturated heterocycles. The van der Waals surface area contributed by atoms with Gasteiger partial charge in [-0.05, 0) is 36.4 Å². The SMILES string of the molecule is O=C(Nc1nccs1)c1cccc(S(=O)(=O)Nc2cccc(C(F)(F)F)c2)c1. The van der Waals surface area contributed by atoms with E-state index in [2.05, 4.69) is 15.0 Å². The first-order valence-corrected chi connectivity index (χ1v) is 10.0. The Morgan fingerprint density at radius 1 is 1.07 bits per heavy atom. The van der Waals surface area contributed by atoms with Crippen LogP contribution in [0.15, 0.2) is 65.0 Å². The Hall–Kier alpha value is -2.92. The smallest absolute Gasteiger partial charge is 0.298 e. The maximum absolute atomic E-state index is 12.8. The fourth-order valence-electron chi connectivity index (χ4n) is 2.23. The largest absolute Gasteiger partial charge is 0.416 e. The van der Waals surface area contributed by atoms with Crippen molar-refractivity contribution in [2.75, 3.05) is 10.0 Å². The number of anilines is 2. The van der Waals surface area contributed by atoms with Crippen LogP contribution in [0.3, 0.4) is 0 Å². The van der Waals surface area contributed by atoms with Crippen molar-refractivity contribution < 1.29 is 26.4 Å². The number of amides is 1. The van der Waals surface area contributed by atoms with Crippen molar-refractivity contribution in [2.24, 2.45) is 0 Å². The summed E-state index contributed by atoms with van der Waals surface area (Å²) >= 11 is 1.20. The number of carbonyl (C=O) groups excluding carboxylic acids is 1. The van der Waals surface area contributed by atoms with Gasteiger partial charge in [0.2, 0.25) is 0 Å². The minimum absolute atomic E-state index is 0.0575. The minimum atomic E-state index is -4.60. The minimum Gasteiger partial charge on any atom is -0.298 e. The van der Waals surface area contributed by atoms with Gasteiger partial charge in [-0.25, -0.2) is 13.4 Å². The summed E-state index contributed by atoms with van der Waals surface area (Å²) in [5.41, 5.74) is -1.17. The van der Waals surface area contributed by atoms with Crippen molar-refractivity contribution in [1.29, 1.82) is 0 Å². The number of aromatic nitrogens is 1. The molecule has 146 valence electrons. The standard InChI is InChI=1S/C17H12F3N3O3S2/c18-17(19,20)12-4-2-5-13(10-12)23-28(25,26)14-6-1-3-11(9-14)15(24)22-16-21-7-8-27-16/h1-10,23H,(H,21,22,24). The first-order chi connectivity index (χ1) is 13.1. The zero-order valence-electron chi connectivity index (χ0n) is 13.9. The summed E-state index contributed by atoms with van der Waals surface area (Å²) in [6.45, 7) is 0. The zero-order chi connectivity index (χ0) is 20.4. The molecule has 3 rings (SSSR count). The third-order valence-electron chi connectivity index (χ3n) is 3.50. The van der Waals surface area contributed by atoms with Gasteiger partial charge < -0.3 is 0 Å². The molecule has 6 nitrogen and oxygen atoms in total. The average molecular weight is 427 g/mol. The van der Waals surface area contributed by atoms with Crippen molar-refractivity contribution in [2.45, 2.75) is 11.1 Å². The van der Waals surface area contributed by atoms with E-state index < -0.39 is 27.7 Å². The van der Waals surface area contributed by atoms with Gasteiger partial charge in [-0.1, -0.05) is 12.1 Å².